The Kier molecular flexibility index (Phi) is 8.90. The van der Waals surface area contributed by atoms with E-state index in [9.17, 15) is 14.7 Å². The summed E-state index contributed by atoms with van der Waals surface area (Å²) < 4.78 is 9.74. The lowest BCUT2D eigenvalue weighted by Crippen LogP contribution is -2.54. The minimum Gasteiger partial charge on any atom is -0.460 e. The zero-order valence-electron chi connectivity index (χ0n) is 28.1. The number of nitrogens with two attached hydrogens (primary N) is 1. The van der Waals surface area contributed by atoms with Crippen LogP contribution in [0.2, 0.25) is 0 Å². The maximum absolute atomic E-state index is 13.5. The molecule has 9 atom stereocenters. The predicted octanol–water partition coefficient (Wildman–Crippen LogP) is 4.87. The first-order valence-electron chi connectivity index (χ1n) is 16.8. The number of aliphatic hydroxyl groups excluding tert-OH is 1. The van der Waals surface area contributed by atoms with Crippen LogP contribution in [0.25, 0.3) is 22.4 Å². The molecule has 0 amide bonds. The third-order valence-electron chi connectivity index (χ3n) is 11.5. The van der Waals surface area contributed by atoms with Crippen molar-refractivity contribution in [2.24, 2.45) is 35.0 Å². The number of benzene rings is 1. The lowest BCUT2D eigenvalue weighted by Gasteiger charge is -2.51. The Morgan fingerprint density at radius 2 is 1.91 bits per heavy atom. The summed E-state index contributed by atoms with van der Waals surface area (Å²) in [5, 5.41) is 19.8. The summed E-state index contributed by atoms with van der Waals surface area (Å²) in [6.45, 7) is 12.5. The van der Waals surface area contributed by atoms with Gasteiger partial charge in [0.15, 0.2) is 11.5 Å². The number of carbonyl (C=O) groups excluding carboxylic acids is 2. The molecule has 12 heteroatoms. The van der Waals surface area contributed by atoms with E-state index in [0.717, 1.165) is 24.0 Å². The van der Waals surface area contributed by atoms with E-state index in [2.05, 4.69) is 59.9 Å². The van der Waals surface area contributed by atoms with Crippen molar-refractivity contribution in [1.29, 1.82) is 0 Å². The van der Waals surface area contributed by atoms with Gasteiger partial charge >= 0.3 is 5.97 Å². The summed E-state index contributed by atoms with van der Waals surface area (Å²) in [5.74, 6) is 0.0301. The largest absolute Gasteiger partial charge is 0.460 e. The van der Waals surface area contributed by atoms with Crippen molar-refractivity contribution in [3.05, 3.63) is 48.7 Å². The molecule has 1 aromatic carbocycles. The number of anilines is 1. The van der Waals surface area contributed by atoms with E-state index < -0.39 is 23.6 Å². The molecule has 47 heavy (non-hydrogen) atoms. The Morgan fingerprint density at radius 3 is 2.64 bits per heavy atom. The van der Waals surface area contributed by atoms with Gasteiger partial charge in [0, 0.05) is 23.3 Å². The van der Waals surface area contributed by atoms with E-state index in [-0.39, 0.29) is 48.0 Å². The third-order valence-corrected chi connectivity index (χ3v) is 11.5. The number of Topliss-reactive ketones (excluding diaryl/α,β-unsaturated/α-hetero) is 1. The normalized spacial score (nSPS) is 29.2. The zero-order chi connectivity index (χ0) is 33.6. The highest BCUT2D eigenvalue weighted by Crippen LogP contribution is 2.55. The SMILES string of the molecule is CCC(C)[C@]1(C)[C@@H]2C(=O)CCC2[C@@H](C)[C@H](O)[C@@H](C)C[C@H]1OC(=O)Cn1cc(-c2ccc([C@@H](C)n3cnc4c(N)ncnc43)cc2)nn1. The number of imidazole rings is 1. The Labute approximate surface area is 275 Å². The quantitative estimate of drug-likeness (QED) is 0.253. The molecule has 2 fully saturated rings. The number of carbonyl (C=O) groups is 2. The predicted molar refractivity (Wildman–Crippen MR) is 177 cm³/mol. The first-order valence-corrected chi connectivity index (χ1v) is 16.8. The van der Waals surface area contributed by atoms with Gasteiger partial charge in [-0.25, -0.2) is 19.6 Å². The topological polar surface area (TPSA) is 164 Å². The number of ether oxygens (including phenoxy) is 1. The molecule has 6 rings (SSSR count). The van der Waals surface area contributed by atoms with Crippen molar-refractivity contribution < 1.29 is 19.4 Å². The van der Waals surface area contributed by atoms with Crippen LogP contribution in [0.15, 0.2) is 43.1 Å². The van der Waals surface area contributed by atoms with Crippen LogP contribution in [0.5, 0.6) is 0 Å². The second kappa shape index (κ2) is 12.8. The fraction of sp³-hybridized carbons (Fsp3) is 0.571. The Balaban J connectivity index is 1.18. The highest BCUT2D eigenvalue weighted by molar-refractivity contribution is 5.84. The monoisotopic (exact) mass is 642 g/mol. The molecular formula is C35H46N8O4. The molecule has 0 bridgehead atoms. The number of hydrogen-bond donors (Lipinski definition) is 2. The second-order valence-electron chi connectivity index (χ2n) is 14.0. The minimum atomic E-state index is -0.560. The van der Waals surface area contributed by atoms with Crippen LogP contribution in [-0.4, -0.2) is 63.6 Å². The maximum Gasteiger partial charge on any atom is 0.328 e. The van der Waals surface area contributed by atoms with Gasteiger partial charge in [0.1, 0.15) is 36.0 Å². The number of aliphatic hydroxyl groups is 1. The van der Waals surface area contributed by atoms with Crippen LogP contribution in [-0.2, 0) is 20.9 Å². The van der Waals surface area contributed by atoms with E-state index >= 15 is 0 Å². The lowest BCUT2D eigenvalue weighted by atomic mass is 9.55. The van der Waals surface area contributed by atoms with Crippen LogP contribution in [0.4, 0.5) is 5.82 Å². The molecule has 0 spiro atoms. The maximum atomic E-state index is 13.5. The van der Waals surface area contributed by atoms with Gasteiger partial charge in [-0.1, -0.05) is 70.5 Å². The second-order valence-corrected chi connectivity index (χ2v) is 14.0. The number of aromatic nitrogens is 7. The molecule has 3 N–H and O–H groups in total. The summed E-state index contributed by atoms with van der Waals surface area (Å²) in [7, 11) is 0. The molecule has 3 heterocycles. The summed E-state index contributed by atoms with van der Waals surface area (Å²) >= 11 is 0. The average Bonchev–Trinajstić information content (AvgIpc) is 3.81. The van der Waals surface area contributed by atoms with Crippen LogP contribution in [0.1, 0.15) is 78.8 Å². The molecule has 250 valence electrons. The highest BCUT2D eigenvalue weighted by Gasteiger charge is 2.58. The van der Waals surface area contributed by atoms with Gasteiger partial charge < -0.3 is 20.1 Å². The van der Waals surface area contributed by atoms with Crippen LogP contribution in [0, 0.1) is 35.0 Å². The molecule has 2 aliphatic rings. The summed E-state index contributed by atoms with van der Waals surface area (Å²) in [6.07, 6.45) is 6.46. The number of ketones is 1. The average molecular weight is 643 g/mol. The van der Waals surface area contributed by atoms with E-state index in [1.807, 2.05) is 35.8 Å². The number of esters is 1. The lowest BCUT2D eigenvalue weighted by molar-refractivity contribution is -0.177. The van der Waals surface area contributed by atoms with Gasteiger partial charge in [0.2, 0.25) is 0 Å². The van der Waals surface area contributed by atoms with Crippen molar-refractivity contribution in [3.63, 3.8) is 0 Å². The summed E-state index contributed by atoms with van der Waals surface area (Å²) in [4.78, 5) is 39.7. The van der Waals surface area contributed by atoms with Gasteiger partial charge in [0.25, 0.3) is 0 Å². The fourth-order valence-corrected chi connectivity index (χ4v) is 8.27. The van der Waals surface area contributed by atoms with E-state index in [0.29, 0.717) is 35.5 Å². The molecule has 12 nitrogen and oxygen atoms in total. The highest BCUT2D eigenvalue weighted by atomic mass is 16.5. The van der Waals surface area contributed by atoms with Crippen LogP contribution in [0.3, 0.4) is 0 Å². The molecule has 4 aromatic rings. The molecule has 3 aromatic heterocycles. The van der Waals surface area contributed by atoms with Gasteiger partial charge in [0.05, 0.1) is 24.7 Å². The van der Waals surface area contributed by atoms with Crippen molar-refractivity contribution in [1.82, 2.24) is 34.5 Å². The zero-order valence-corrected chi connectivity index (χ0v) is 28.1. The molecular weight excluding hydrogens is 596 g/mol. The van der Waals surface area contributed by atoms with Crippen LogP contribution < -0.4 is 5.73 Å². The molecule has 0 aliphatic heterocycles. The molecule has 0 radical (unpaired) electrons. The number of rotatable bonds is 8. The van der Waals surface area contributed by atoms with Crippen molar-refractivity contribution >= 4 is 28.7 Å². The van der Waals surface area contributed by atoms with E-state index in [4.69, 9.17) is 10.5 Å². The van der Waals surface area contributed by atoms with Gasteiger partial charge in [-0.15, -0.1) is 5.10 Å². The summed E-state index contributed by atoms with van der Waals surface area (Å²) in [5.41, 5.74) is 9.19. The molecule has 0 saturated heterocycles. The van der Waals surface area contributed by atoms with Crippen molar-refractivity contribution in [3.8, 4) is 11.3 Å². The van der Waals surface area contributed by atoms with Gasteiger partial charge in [-0.05, 0) is 49.0 Å². The molecule has 2 saturated carbocycles. The number of nitrogens with zero attached hydrogens (tertiary/aromatic N) is 7. The number of nitrogen functional groups attached to an aromatic ring is 1. The molecule has 2 aliphatic carbocycles. The Bertz CT molecular complexity index is 1750. The molecule has 2 unspecified atom stereocenters. The smallest absolute Gasteiger partial charge is 0.328 e. The van der Waals surface area contributed by atoms with Gasteiger partial charge in [-0.3, -0.25) is 9.59 Å². The Morgan fingerprint density at radius 1 is 1.17 bits per heavy atom. The van der Waals surface area contributed by atoms with E-state index in [1.54, 1.807) is 12.5 Å². The van der Waals surface area contributed by atoms with Crippen molar-refractivity contribution in [2.45, 2.75) is 92.0 Å². The van der Waals surface area contributed by atoms with Gasteiger partial charge in [-0.2, -0.15) is 0 Å². The minimum absolute atomic E-state index is 0.00652. The Hall–Kier alpha value is -4.19. The van der Waals surface area contributed by atoms with Crippen LogP contribution >= 0.6 is 0 Å². The van der Waals surface area contributed by atoms with Crippen molar-refractivity contribution in [2.75, 3.05) is 5.73 Å². The third kappa shape index (κ3) is 5.81. The number of hydrogen-bond acceptors (Lipinski definition) is 10. The van der Waals surface area contributed by atoms with E-state index in [1.165, 1.54) is 11.0 Å². The first-order chi connectivity index (χ1) is 22.4. The first kappa shape index (κ1) is 32.7. The fourth-order valence-electron chi connectivity index (χ4n) is 8.27. The standard InChI is InChI=1S/C35H46N8O4/c1-7-20(3)35(6)28(14-19(2)32(46)21(4)25-12-13-27(44)30(25)35)47-29(45)16-42-15-26(40-41-42)24-10-8-23(9-11-24)22(5)43-18-39-31-33(36)37-17-38-34(31)43/h8-11,15,17-22,25,28,30,32,46H,7,12-14,16H2,1-6H3,(H2,36,37,38)/t19-,20?,21+,22+,25?,28+,30-,32+,35-/m0/s1. The number of fused-ring (bicyclic) bond motifs is 2. The summed E-state index contributed by atoms with van der Waals surface area (Å²) in [6, 6.07) is 7.92.